The Morgan fingerprint density at radius 2 is 1.91 bits per heavy atom. The van der Waals surface area contributed by atoms with E-state index in [4.69, 9.17) is 0 Å². The number of benzene rings is 1. The molecular formula is C16H21N3O2S. The third kappa shape index (κ3) is 2.68. The summed E-state index contributed by atoms with van der Waals surface area (Å²) in [6.07, 6.45) is 0. The second-order valence-electron chi connectivity index (χ2n) is 5.65. The van der Waals surface area contributed by atoms with Crippen LogP contribution in [0.15, 0.2) is 29.1 Å². The van der Waals surface area contributed by atoms with Gasteiger partial charge in [0, 0.05) is 26.2 Å². The molecule has 3 rings (SSSR count). The number of rotatable bonds is 3. The van der Waals surface area contributed by atoms with E-state index >= 15 is 0 Å². The van der Waals surface area contributed by atoms with Gasteiger partial charge in [0.15, 0.2) is 0 Å². The Morgan fingerprint density at radius 1 is 1.23 bits per heavy atom. The molecule has 1 aromatic heterocycles. The molecule has 1 aliphatic rings. The second-order valence-corrected chi connectivity index (χ2v) is 6.67. The summed E-state index contributed by atoms with van der Waals surface area (Å²) in [4.78, 5) is 29.3. The lowest BCUT2D eigenvalue weighted by Crippen LogP contribution is -2.50. The van der Waals surface area contributed by atoms with Crippen LogP contribution in [0.25, 0.3) is 10.1 Å². The van der Waals surface area contributed by atoms with Crippen LogP contribution >= 0.6 is 11.5 Å². The third-order valence-corrected chi connectivity index (χ3v) is 5.59. The molecule has 1 atom stereocenters. The summed E-state index contributed by atoms with van der Waals surface area (Å²) < 4.78 is 2.54. The van der Waals surface area contributed by atoms with E-state index in [9.17, 15) is 9.59 Å². The van der Waals surface area contributed by atoms with E-state index in [1.54, 1.807) is 3.96 Å². The van der Waals surface area contributed by atoms with Gasteiger partial charge in [-0.05, 0) is 25.6 Å². The molecule has 1 aromatic carbocycles. The Kier molecular flexibility index (Phi) is 4.31. The zero-order valence-corrected chi connectivity index (χ0v) is 13.8. The predicted octanol–water partition coefficient (Wildman–Crippen LogP) is 1.79. The van der Waals surface area contributed by atoms with E-state index in [2.05, 4.69) is 11.8 Å². The van der Waals surface area contributed by atoms with E-state index in [-0.39, 0.29) is 11.5 Å². The molecular weight excluding hydrogens is 298 g/mol. The van der Waals surface area contributed by atoms with Crippen molar-refractivity contribution in [2.75, 3.05) is 32.7 Å². The van der Waals surface area contributed by atoms with Gasteiger partial charge in [0.25, 0.3) is 5.56 Å². The maximum Gasteiger partial charge on any atom is 0.269 e. The second kappa shape index (κ2) is 6.22. The van der Waals surface area contributed by atoms with E-state index in [1.165, 1.54) is 11.5 Å². The van der Waals surface area contributed by atoms with Crippen molar-refractivity contribution in [1.82, 2.24) is 13.8 Å². The summed E-state index contributed by atoms with van der Waals surface area (Å²) >= 11 is 1.38. The summed E-state index contributed by atoms with van der Waals surface area (Å²) in [6, 6.07) is 7.09. The Labute approximate surface area is 133 Å². The summed E-state index contributed by atoms with van der Waals surface area (Å²) in [7, 11) is 0. The van der Waals surface area contributed by atoms with Gasteiger partial charge in [-0.25, -0.2) is 0 Å². The van der Waals surface area contributed by atoms with Gasteiger partial charge in [-0.15, -0.1) is 0 Å². The van der Waals surface area contributed by atoms with Crippen LogP contribution in [0, 0.1) is 0 Å². The SMILES string of the molecule is CCN1CCN(C(=O)C(C)n2sc3ccccc3c2=O)CC1. The number of piperazine rings is 1. The van der Waals surface area contributed by atoms with Crippen LogP contribution in [0.2, 0.25) is 0 Å². The van der Waals surface area contributed by atoms with Crippen LogP contribution in [0.5, 0.6) is 0 Å². The van der Waals surface area contributed by atoms with Crippen molar-refractivity contribution in [3.63, 3.8) is 0 Å². The summed E-state index contributed by atoms with van der Waals surface area (Å²) in [6.45, 7) is 8.30. The van der Waals surface area contributed by atoms with Crippen molar-refractivity contribution in [1.29, 1.82) is 0 Å². The molecule has 0 spiro atoms. The standard InChI is InChI=1S/C16H21N3O2S/c1-3-17-8-10-18(11-9-17)15(20)12(2)19-16(21)13-6-4-5-7-14(13)22-19/h4-7,12H,3,8-11H2,1-2H3. The number of fused-ring (bicyclic) bond motifs is 1. The van der Waals surface area contributed by atoms with Gasteiger partial charge in [-0.3, -0.25) is 13.5 Å². The van der Waals surface area contributed by atoms with Crippen LogP contribution in [0.1, 0.15) is 19.9 Å². The fourth-order valence-corrected chi connectivity index (χ4v) is 3.93. The maximum atomic E-state index is 12.7. The third-order valence-electron chi connectivity index (χ3n) is 4.35. The summed E-state index contributed by atoms with van der Waals surface area (Å²) in [5.74, 6) is 0.0457. The molecule has 6 heteroatoms. The summed E-state index contributed by atoms with van der Waals surface area (Å²) in [5.41, 5.74) is -0.0614. The number of carbonyl (C=O) groups excluding carboxylic acids is 1. The van der Waals surface area contributed by atoms with E-state index in [0.717, 1.165) is 37.4 Å². The van der Waals surface area contributed by atoms with Gasteiger partial charge in [-0.2, -0.15) is 0 Å². The van der Waals surface area contributed by atoms with Gasteiger partial charge >= 0.3 is 0 Å². The first-order valence-corrected chi connectivity index (χ1v) is 8.51. The number of aromatic nitrogens is 1. The van der Waals surface area contributed by atoms with Crippen molar-refractivity contribution in [3.8, 4) is 0 Å². The number of hydrogen-bond acceptors (Lipinski definition) is 4. The Bertz CT molecular complexity index is 728. The molecule has 0 aliphatic carbocycles. The molecule has 1 fully saturated rings. The highest BCUT2D eigenvalue weighted by atomic mass is 32.1. The quantitative estimate of drug-likeness (QED) is 0.866. The number of carbonyl (C=O) groups is 1. The number of likely N-dealkylation sites (N-methyl/N-ethyl adjacent to an activating group) is 1. The molecule has 2 heterocycles. The highest BCUT2D eigenvalue weighted by Gasteiger charge is 2.27. The van der Waals surface area contributed by atoms with Crippen LogP contribution in [-0.2, 0) is 4.79 Å². The number of amides is 1. The van der Waals surface area contributed by atoms with Crippen LogP contribution in [0.4, 0.5) is 0 Å². The van der Waals surface area contributed by atoms with Gasteiger partial charge in [-0.1, -0.05) is 30.6 Å². The largest absolute Gasteiger partial charge is 0.338 e. The Hall–Kier alpha value is -1.66. The molecule has 118 valence electrons. The lowest BCUT2D eigenvalue weighted by atomic mass is 10.2. The molecule has 22 heavy (non-hydrogen) atoms. The highest BCUT2D eigenvalue weighted by molar-refractivity contribution is 7.14. The predicted molar refractivity (Wildman–Crippen MR) is 89.5 cm³/mol. The average molecular weight is 319 g/mol. The first-order valence-electron chi connectivity index (χ1n) is 7.73. The molecule has 1 unspecified atom stereocenters. The minimum atomic E-state index is -0.432. The molecule has 0 bridgehead atoms. The average Bonchev–Trinajstić information content (AvgIpc) is 2.91. The van der Waals surface area contributed by atoms with Crippen molar-refractivity contribution >= 4 is 27.5 Å². The topological polar surface area (TPSA) is 45.5 Å². The lowest BCUT2D eigenvalue weighted by Gasteiger charge is -2.35. The maximum absolute atomic E-state index is 12.7. The zero-order chi connectivity index (χ0) is 15.7. The minimum absolute atomic E-state index is 0.0457. The summed E-state index contributed by atoms with van der Waals surface area (Å²) in [5, 5.41) is 0.697. The Balaban J connectivity index is 1.80. The van der Waals surface area contributed by atoms with Crippen molar-refractivity contribution in [2.45, 2.75) is 19.9 Å². The minimum Gasteiger partial charge on any atom is -0.338 e. The van der Waals surface area contributed by atoms with Gasteiger partial charge in [0.1, 0.15) is 6.04 Å². The van der Waals surface area contributed by atoms with Gasteiger partial charge in [0.2, 0.25) is 5.91 Å². The van der Waals surface area contributed by atoms with E-state index < -0.39 is 6.04 Å². The molecule has 1 saturated heterocycles. The van der Waals surface area contributed by atoms with Crippen molar-refractivity contribution < 1.29 is 4.79 Å². The molecule has 1 amide bonds. The lowest BCUT2D eigenvalue weighted by molar-refractivity contribution is -0.135. The molecule has 0 N–H and O–H groups in total. The van der Waals surface area contributed by atoms with E-state index in [0.29, 0.717) is 5.39 Å². The van der Waals surface area contributed by atoms with Crippen molar-refractivity contribution in [2.24, 2.45) is 0 Å². The van der Waals surface area contributed by atoms with Crippen molar-refractivity contribution in [3.05, 3.63) is 34.6 Å². The van der Waals surface area contributed by atoms with Crippen LogP contribution in [0.3, 0.4) is 0 Å². The zero-order valence-electron chi connectivity index (χ0n) is 13.0. The number of hydrogen-bond donors (Lipinski definition) is 0. The smallest absolute Gasteiger partial charge is 0.269 e. The monoisotopic (exact) mass is 319 g/mol. The fraction of sp³-hybridized carbons (Fsp3) is 0.500. The molecule has 1 aliphatic heterocycles. The van der Waals surface area contributed by atoms with E-state index in [1.807, 2.05) is 36.1 Å². The number of nitrogens with zero attached hydrogens (tertiary/aromatic N) is 3. The van der Waals surface area contributed by atoms with Crippen LogP contribution < -0.4 is 5.56 Å². The Morgan fingerprint density at radius 3 is 2.55 bits per heavy atom. The molecule has 0 saturated carbocycles. The molecule has 0 radical (unpaired) electrons. The molecule has 5 nitrogen and oxygen atoms in total. The van der Waals surface area contributed by atoms with Gasteiger partial charge in [0.05, 0.1) is 10.1 Å². The highest BCUT2D eigenvalue weighted by Crippen LogP contribution is 2.21. The van der Waals surface area contributed by atoms with Crippen LogP contribution in [-0.4, -0.2) is 52.4 Å². The van der Waals surface area contributed by atoms with Gasteiger partial charge < -0.3 is 9.80 Å². The molecule has 2 aromatic rings. The fourth-order valence-electron chi connectivity index (χ4n) is 2.89. The normalized spacial score (nSPS) is 17.8. The first kappa shape index (κ1) is 15.2. The first-order chi connectivity index (χ1) is 10.6.